The molecular formula is C14H17N3O. The third kappa shape index (κ3) is 3.46. The molecule has 0 saturated heterocycles. The van der Waals surface area contributed by atoms with Gasteiger partial charge in [-0.25, -0.2) is 4.98 Å². The third-order valence-corrected chi connectivity index (χ3v) is 2.62. The number of pyridine rings is 1. The van der Waals surface area contributed by atoms with Gasteiger partial charge in [-0.05, 0) is 30.2 Å². The van der Waals surface area contributed by atoms with Crippen molar-refractivity contribution in [2.75, 3.05) is 12.3 Å². The van der Waals surface area contributed by atoms with E-state index in [4.69, 9.17) is 16.2 Å². The molecule has 94 valence electrons. The maximum atomic E-state index is 6.01. The molecule has 18 heavy (non-hydrogen) atoms. The van der Waals surface area contributed by atoms with E-state index in [1.54, 1.807) is 6.20 Å². The van der Waals surface area contributed by atoms with Gasteiger partial charge < -0.3 is 16.2 Å². The summed E-state index contributed by atoms with van der Waals surface area (Å²) in [5.74, 6) is 1.36. The van der Waals surface area contributed by atoms with Crippen LogP contribution in [0, 0.1) is 0 Å². The van der Waals surface area contributed by atoms with Crippen LogP contribution in [0.15, 0.2) is 48.7 Å². The molecule has 0 radical (unpaired) electrons. The monoisotopic (exact) mass is 243 g/mol. The Kier molecular flexibility index (Phi) is 4.15. The third-order valence-electron chi connectivity index (χ3n) is 2.62. The maximum absolute atomic E-state index is 6.01. The summed E-state index contributed by atoms with van der Waals surface area (Å²) in [5.41, 5.74) is 12.7. The van der Waals surface area contributed by atoms with Gasteiger partial charge in [0.1, 0.15) is 18.2 Å². The number of anilines is 1. The fraction of sp³-hybridized carbons (Fsp3) is 0.214. The van der Waals surface area contributed by atoms with Gasteiger partial charge in [-0.2, -0.15) is 0 Å². The summed E-state index contributed by atoms with van der Waals surface area (Å²) < 4.78 is 5.59. The van der Waals surface area contributed by atoms with Gasteiger partial charge in [-0.3, -0.25) is 0 Å². The fourth-order valence-corrected chi connectivity index (χ4v) is 1.68. The van der Waals surface area contributed by atoms with E-state index >= 15 is 0 Å². The summed E-state index contributed by atoms with van der Waals surface area (Å²) in [6, 6.07) is 13.3. The van der Waals surface area contributed by atoms with E-state index < -0.39 is 0 Å². The Labute approximate surface area is 107 Å². The number of hydrogen-bond donors (Lipinski definition) is 2. The second-order valence-corrected chi connectivity index (χ2v) is 4.14. The van der Waals surface area contributed by atoms with Crippen LogP contribution < -0.4 is 16.2 Å². The fourth-order valence-electron chi connectivity index (χ4n) is 1.68. The van der Waals surface area contributed by atoms with Crippen molar-refractivity contribution in [3.8, 4) is 5.75 Å². The molecule has 0 bridgehead atoms. The van der Waals surface area contributed by atoms with Crippen LogP contribution >= 0.6 is 0 Å². The summed E-state index contributed by atoms with van der Waals surface area (Å²) in [6.45, 7) is 0.457. The maximum Gasteiger partial charge on any atom is 0.126 e. The minimum absolute atomic E-state index is 0.100. The van der Waals surface area contributed by atoms with Crippen LogP contribution in [0.5, 0.6) is 5.75 Å². The van der Waals surface area contributed by atoms with E-state index in [9.17, 15) is 0 Å². The van der Waals surface area contributed by atoms with Crippen LogP contribution in [0.1, 0.15) is 5.56 Å². The first-order valence-corrected chi connectivity index (χ1v) is 5.88. The highest BCUT2D eigenvalue weighted by Gasteiger charge is 2.08. The lowest BCUT2D eigenvalue weighted by Gasteiger charge is -2.14. The van der Waals surface area contributed by atoms with Gasteiger partial charge in [0.25, 0.3) is 0 Å². The summed E-state index contributed by atoms with van der Waals surface area (Å²) in [5, 5.41) is 0. The second-order valence-electron chi connectivity index (χ2n) is 4.14. The van der Waals surface area contributed by atoms with Gasteiger partial charge >= 0.3 is 0 Å². The van der Waals surface area contributed by atoms with Crippen molar-refractivity contribution in [1.29, 1.82) is 0 Å². The Bertz CT molecular complexity index is 487. The summed E-state index contributed by atoms with van der Waals surface area (Å²) in [7, 11) is 0. The Morgan fingerprint density at radius 1 is 1.11 bits per heavy atom. The minimum Gasteiger partial charge on any atom is -0.492 e. The molecule has 1 heterocycles. The van der Waals surface area contributed by atoms with E-state index in [-0.39, 0.29) is 6.04 Å². The van der Waals surface area contributed by atoms with E-state index in [0.717, 1.165) is 11.3 Å². The number of ether oxygens (including phenoxy) is 1. The lowest BCUT2D eigenvalue weighted by atomic mass is 10.1. The average molecular weight is 243 g/mol. The zero-order valence-corrected chi connectivity index (χ0v) is 10.1. The highest BCUT2D eigenvalue weighted by Crippen LogP contribution is 2.11. The van der Waals surface area contributed by atoms with Crippen LogP contribution in [0.25, 0.3) is 0 Å². The number of nitrogens with zero attached hydrogens (tertiary/aromatic N) is 1. The molecule has 2 aromatic rings. The molecule has 1 unspecified atom stereocenters. The van der Waals surface area contributed by atoms with Gasteiger partial charge in [0, 0.05) is 12.2 Å². The molecule has 2 rings (SSSR count). The number of nitrogen functional groups attached to an aromatic ring is 1. The zero-order valence-electron chi connectivity index (χ0n) is 10.1. The highest BCUT2D eigenvalue weighted by molar-refractivity contribution is 5.38. The minimum atomic E-state index is -0.100. The standard InChI is InChI=1S/C14H17N3O/c15-12(9-11-5-4-8-17-14(11)16)10-18-13-6-2-1-3-7-13/h1-8,12H,9-10,15H2,(H2,16,17). The first kappa shape index (κ1) is 12.4. The van der Waals surface area contributed by atoms with Crippen molar-refractivity contribution in [2.45, 2.75) is 12.5 Å². The number of nitrogens with two attached hydrogens (primary N) is 2. The van der Waals surface area contributed by atoms with Crippen molar-refractivity contribution in [3.63, 3.8) is 0 Å². The Hall–Kier alpha value is -2.07. The Morgan fingerprint density at radius 3 is 2.61 bits per heavy atom. The predicted octanol–water partition coefficient (Wildman–Crippen LogP) is 1.61. The first-order valence-electron chi connectivity index (χ1n) is 5.88. The van der Waals surface area contributed by atoms with Crippen molar-refractivity contribution < 1.29 is 4.74 Å². The SMILES string of the molecule is Nc1ncccc1CC(N)COc1ccccc1. The molecular weight excluding hydrogens is 226 g/mol. The van der Waals surface area contributed by atoms with Crippen molar-refractivity contribution >= 4 is 5.82 Å². The molecule has 1 aromatic heterocycles. The average Bonchev–Trinajstić information content (AvgIpc) is 2.40. The van der Waals surface area contributed by atoms with Crippen LogP contribution in [-0.2, 0) is 6.42 Å². The van der Waals surface area contributed by atoms with E-state index in [2.05, 4.69) is 4.98 Å². The van der Waals surface area contributed by atoms with Crippen LogP contribution in [0.2, 0.25) is 0 Å². The number of hydrogen-bond acceptors (Lipinski definition) is 4. The smallest absolute Gasteiger partial charge is 0.126 e. The molecule has 1 atom stereocenters. The van der Waals surface area contributed by atoms with Crippen molar-refractivity contribution in [1.82, 2.24) is 4.98 Å². The van der Waals surface area contributed by atoms with Crippen LogP contribution in [0.3, 0.4) is 0 Å². The van der Waals surface area contributed by atoms with Crippen LogP contribution in [-0.4, -0.2) is 17.6 Å². The molecule has 0 aliphatic rings. The molecule has 0 amide bonds. The van der Waals surface area contributed by atoms with E-state index in [0.29, 0.717) is 18.8 Å². The summed E-state index contributed by atoms with van der Waals surface area (Å²) >= 11 is 0. The molecule has 0 aliphatic heterocycles. The van der Waals surface area contributed by atoms with Gasteiger partial charge in [-0.1, -0.05) is 24.3 Å². The molecule has 1 aromatic carbocycles. The molecule has 4 nitrogen and oxygen atoms in total. The second kappa shape index (κ2) is 6.02. The number of para-hydroxylation sites is 1. The van der Waals surface area contributed by atoms with Gasteiger partial charge in [0.05, 0.1) is 0 Å². The summed E-state index contributed by atoms with van der Waals surface area (Å²) in [4.78, 5) is 4.03. The normalized spacial score (nSPS) is 12.1. The quantitative estimate of drug-likeness (QED) is 0.836. The van der Waals surface area contributed by atoms with E-state index in [1.807, 2.05) is 42.5 Å². The highest BCUT2D eigenvalue weighted by atomic mass is 16.5. The molecule has 4 heteroatoms. The number of aromatic nitrogens is 1. The van der Waals surface area contributed by atoms with Crippen molar-refractivity contribution in [2.24, 2.45) is 5.73 Å². The molecule has 4 N–H and O–H groups in total. The van der Waals surface area contributed by atoms with E-state index in [1.165, 1.54) is 0 Å². The molecule has 0 aliphatic carbocycles. The lowest BCUT2D eigenvalue weighted by Crippen LogP contribution is -2.30. The van der Waals surface area contributed by atoms with Gasteiger partial charge in [-0.15, -0.1) is 0 Å². The summed E-state index contributed by atoms with van der Waals surface area (Å²) in [6.07, 6.45) is 2.33. The zero-order chi connectivity index (χ0) is 12.8. The number of rotatable bonds is 5. The Morgan fingerprint density at radius 2 is 1.89 bits per heavy atom. The predicted molar refractivity (Wildman–Crippen MR) is 72.3 cm³/mol. The molecule has 0 spiro atoms. The van der Waals surface area contributed by atoms with Gasteiger partial charge in [0.2, 0.25) is 0 Å². The lowest BCUT2D eigenvalue weighted by molar-refractivity contribution is 0.287. The largest absolute Gasteiger partial charge is 0.492 e. The topological polar surface area (TPSA) is 74.2 Å². The number of benzene rings is 1. The Balaban J connectivity index is 1.86. The van der Waals surface area contributed by atoms with Crippen LogP contribution in [0.4, 0.5) is 5.82 Å². The first-order chi connectivity index (χ1) is 8.75. The molecule has 0 saturated carbocycles. The molecule has 0 fully saturated rings. The van der Waals surface area contributed by atoms with Crippen molar-refractivity contribution in [3.05, 3.63) is 54.2 Å². The van der Waals surface area contributed by atoms with Gasteiger partial charge in [0.15, 0.2) is 0 Å².